The second kappa shape index (κ2) is 8.91. The van der Waals surface area contributed by atoms with Gasteiger partial charge >= 0.3 is 0 Å². The van der Waals surface area contributed by atoms with E-state index >= 15 is 0 Å². The maximum atomic E-state index is 13.8. The molecular weight excluding hydrogens is 377 g/mol. The van der Waals surface area contributed by atoms with E-state index in [-0.39, 0.29) is 11.5 Å². The van der Waals surface area contributed by atoms with Crippen LogP contribution in [0.4, 0.5) is 4.39 Å². The van der Waals surface area contributed by atoms with E-state index in [9.17, 15) is 9.18 Å². The first kappa shape index (κ1) is 19.8. The normalized spacial score (nSPS) is 11.0. The summed E-state index contributed by atoms with van der Waals surface area (Å²) in [6.07, 6.45) is 1.44. The summed E-state index contributed by atoms with van der Waals surface area (Å²) in [5.74, 6) is 0.0936. The summed E-state index contributed by atoms with van der Waals surface area (Å²) in [4.78, 5) is 17.0. The standard InChI is InChI=1S/C25H24FN3O/c1-18-9-2-3-10-19(18)17-29-23-14-7-6-13-22(23)28-24(29)15-8-16-27-25(30)20-11-4-5-12-21(20)26/h2-7,9-14H,8,15-17H2,1H3,(H,27,30). The fourth-order valence-electron chi connectivity index (χ4n) is 3.64. The molecule has 0 atom stereocenters. The Labute approximate surface area is 175 Å². The molecule has 5 heteroatoms. The number of rotatable bonds is 7. The molecule has 1 aromatic heterocycles. The van der Waals surface area contributed by atoms with Crippen molar-refractivity contribution in [3.05, 3.63) is 101 Å². The molecule has 4 aromatic rings. The Balaban J connectivity index is 1.47. The second-order valence-electron chi connectivity index (χ2n) is 7.37. The van der Waals surface area contributed by atoms with Gasteiger partial charge in [0.05, 0.1) is 16.6 Å². The van der Waals surface area contributed by atoms with Crippen LogP contribution in [-0.2, 0) is 13.0 Å². The molecule has 0 radical (unpaired) electrons. The Bertz CT molecular complexity index is 1180. The highest BCUT2D eigenvalue weighted by atomic mass is 19.1. The van der Waals surface area contributed by atoms with E-state index in [0.717, 1.165) is 36.2 Å². The van der Waals surface area contributed by atoms with E-state index in [1.54, 1.807) is 12.1 Å². The lowest BCUT2D eigenvalue weighted by atomic mass is 10.1. The zero-order valence-electron chi connectivity index (χ0n) is 16.9. The first-order valence-electron chi connectivity index (χ1n) is 10.1. The SMILES string of the molecule is Cc1ccccc1Cn1c(CCCNC(=O)c2ccccc2F)nc2ccccc21. The number of aryl methyl sites for hydroxylation is 2. The lowest BCUT2D eigenvalue weighted by Crippen LogP contribution is -2.25. The largest absolute Gasteiger partial charge is 0.352 e. The van der Waals surface area contributed by atoms with E-state index in [2.05, 4.69) is 41.1 Å². The third-order valence-corrected chi connectivity index (χ3v) is 5.30. The lowest BCUT2D eigenvalue weighted by molar-refractivity contribution is 0.0949. The molecule has 1 N–H and O–H groups in total. The van der Waals surface area contributed by atoms with E-state index < -0.39 is 5.82 Å². The summed E-state index contributed by atoms with van der Waals surface area (Å²) in [6.45, 7) is 3.33. The zero-order valence-corrected chi connectivity index (χ0v) is 16.9. The Morgan fingerprint density at radius 3 is 2.57 bits per heavy atom. The average Bonchev–Trinajstić information content (AvgIpc) is 3.10. The molecule has 152 valence electrons. The van der Waals surface area contributed by atoms with E-state index in [1.165, 1.54) is 23.3 Å². The van der Waals surface area contributed by atoms with Gasteiger partial charge in [-0.15, -0.1) is 0 Å². The predicted molar refractivity (Wildman–Crippen MR) is 117 cm³/mol. The molecular formula is C25H24FN3O. The molecule has 1 heterocycles. The van der Waals surface area contributed by atoms with Crippen LogP contribution in [-0.4, -0.2) is 22.0 Å². The molecule has 0 fully saturated rings. The zero-order chi connectivity index (χ0) is 20.9. The van der Waals surface area contributed by atoms with Crippen LogP contribution >= 0.6 is 0 Å². The quantitative estimate of drug-likeness (QED) is 0.448. The predicted octanol–water partition coefficient (Wildman–Crippen LogP) is 4.89. The molecule has 0 spiro atoms. The van der Waals surface area contributed by atoms with Crippen molar-refractivity contribution in [2.24, 2.45) is 0 Å². The summed E-state index contributed by atoms with van der Waals surface area (Å²) < 4.78 is 16.0. The van der Waals surface area contributed by atoms with Crippen molar-refractivity contribution in [3.63, 3.8) is 0 Å². The number of carbonyl (C=O) groups excluding carboxylic acids is 1. The first-order chi connectivity index (χ1) is 14.6. The molecule has 0 aliphatic heterocycles. The Kier molecular flexibility index (Phi) is 5.89. The van der Waals surface area contributed by atoms with Crippen molar-refractivity contribution in [2.75, 3.05) is 6.54 Å². The van der Waals surface area contributed by atoms with Crippen LogP contribution < -0.4 is 5.32 Å². The Hall–Kier alpha value is -3.47. The van der Waals surface area contributed by atoms with Gasteiger partial charge in [-0.05, 0) is 48.7 Å². The maximum Gasteiger partial charge on any atom is 0.254 e. The third kappa shape index (κ3) is 4.25. The van der Waals surface area contributed by atoms with Crippen molar-refractivity contribution in [2.45, 2.75) is 26.3 Å². The summed E-state index contributed by atoms with van der Waals surface area (Å²) in [7, 11) is 0. The molecule has 0 aliphatic carbocycles. The summed E-state index contributed by atoms with van der Waals surface area (Å²) in [5.41, 5.74) is 4.65. The first-order valence-corrected chi connectivity index (χ1v) is 10.1. The number of carbonyl (C=O) groups is 1. The molecule has 3 aromatic carbocycles. The minimum Gasteiger partial charge on any atom is -0.352 e. The summed E-state index contributed by atoms with van der Waals surface area (Å²) >= 11 is 0. The van der Waals surface area contributed by atoms with E-state index in [4.69, 9.17) is 4.98 Å². The number of aromatic nitrogens is 2. The van der Waals surface area contributed by atoms with Crippen LogP contribution in [0.15, 0.2) is 72.8 Å². The van der Waals surface area contributed by atoms with Gasteiger partial charge in [-0.25, -0.2) is 9.37 Å². The van der Waals surface area contributed by atoms with Gasteiger partial charge in [-0.3, -0.25) is 4.79 Å². The topological polar surface area (TPSA) is 46.9 Å². The number of imidazole rings is 1. The average molecular weight is 401 g/mol. The third-order valence-electron chi connectivity index (χ3n) is 5.30. The van der Waals surface area contributed by atoms with Gasteiger partial charge in [0.1, 0.15) is 11.6 Å². The van der Waals surface area contributed by atoms with Crippen molar-refractivity contribution in [3.8, 4) is 0 Å². The van der Waals surface area contributed by atoms with Gasteiger partial charge < -0.3 is 9.88 Å². The second-order valence-corrected chi connectivity index (χ2v) is 7.37. The van der Waals surface area contributed by atoms with Gasteiger partial charge in [-0.1, -0.05) is 48.5 Å². The monoisotopic (exact) mass is 401 g/mol. The highest BCUT2D eigenvalue weighted by Crippen LogP contribution is 2.20. The van der Waals surface area contributed by atoms with Gasteiger partial charge in [0, 0.05) is 19.5 Å². The van der Waals surface area contributed by atoms with Gasteiger partial charge in [0.2, 0.25) is 0 Å². The fraction of sp³-hybridized carbons (Fsp3) is 0.200. The molecule has 0 bridgehead atoms. The van der Waals surface area contributed by atoms with Crippen LogP contribution in [0.1, 0.15) is 33.7 Å². The number of para-hydroxylation sites is 2. The molecule has 30 heavy (non-hydrogen) atoms. The number of nitrogens with one attached hydrogen (secondary N) is 1. The highest BCUT2D eigenvalue weighted by molar-refractivity contribution is 5.94. The van der Waals surface area contributed by atoms with Crippen LogP contribution in [0.2, 0.25) is 0 Å². The Morgan fingerprint density at radius 2 is 1.73 bits per heavy atom. The molecule has 0 saturated heterocycles. The van der Waals surface area contributed by atoms with Crippen molar-refractivity contribution >= 4 is 16.9 Å². The van der Waals surface area contributed by atoms with Crippen LogP contribution in [0.3, 0.4) is 0 Å². The minimum atomic E-state index is -0.505. The molecule has 4 nitrogen and oxygen atoms in total. The number of fused-ring (bicyclic) bond motifs is 1. The molecule has 4 rings (SSSR count). The lowest BCUT2D eigenvalue weighted by Gasteiger charge is -2.12. The number of nitrogens with zero attached hydrogens (tertiary/aromatic N) is 2. The molecule has 0 unspecified atom stereocenters. The van der Waals surface area contributed by atoms with E-state index in [1.807, 2.05) is 24.3 Å². The van der Waals surface area contributed by atoms with Crippen LogP contribution in [0.5, 0.6) is 0 Å². The van der Waals surface area contributed by atoms with Crippen molar-refractivity contribution in [1.29, 1.82) is 0 Å². The summed E-state index contributed by atoms with van der Waals surface area (Å²) in [5, 5.41) is 2.81. The maximum absolute atomic E-state index is 13.8. The molecule has 0 aliphatic rings. The smallest absolute Gasteiger partial charge is 0.254 e. The minimum absolute atomic E-state index is 0.0734. The van der Waals surface area contributed by atoms with Crippen LogP contribution in [0, 0.1) is 12.7 Å². The number of benzene rings is 3. The van der Waals surface area contributed by atoms with E-state index in [0.29, 0.717) is 6.54 Å². The van der Waals surface area contributed by atoms with Gasteiger partial charge in [-0.2, -0.15) is 0 Å². The summed E-state index contributed by atoms with van der Waals surface area (Å²) in [6, 6.07) is 22.5. The van der Waals surface area contributed by atoms with Gasteiger partial charge in [0.15, 0.2) is 0 Å². The molecule has 1 amide bonds. The number of hydrogen-bond acceptors (Lipinski definition) is 2. The van der Waals surface area contributed by atoms with Crippen molar-refractivity contribution in [1.82, 2.24) is 14.9 Å². The fourth-order valence-corrected chi connectivity index (χ4v) is 3.64. The number of amides is 1. The highest BCUT2D eigenvalue weighted by Gasteiger charge is 2.13. The number of halogens is 1. The van der Waals surface area contributed by atoms with Crippen LogP contribution in [0.25, 0.3) is 11.0 Å². The Morgan fingerprint density at radius 1 is 1.00 bits per heavy atom. The van der Waals surface area contributed by atoms with Gasteiger partial charge in [0.25, 0.3) is 5.91 Å². The number of hydrogen-bond donors (Lipinski definition) is 1. The van der Waals surface area contributed by atoms with Crippen molar-refractivity contribution < 1.29 is 9.18 Å². The molecule has 0 saturated carbocycles.